The summed E-state index contributed by atoms with van der Waals surface area (Å²) in [7, 11) is 3.86. The molecule has 3 aromatic rings. The van der Waals surface area contributed by atoms with Gasteiger partial charge in [0.05, 0.1) is 18.3 Å². The van der Waals surface area contributed by atoms with Crippen LogP contribution in [0.15, 0.2) is 11.1 Å². The highest BCUT2D eigenvalue weighted by molar-refractivity contribution is 7.18. The highest BCUT2D eigenvalue weighted by Gasteiger charge is 2.21. The van der Waals surface area contributed by atoms with E-state index in [0.717, 1.165) is 34.6 Å². The smallest absolute Gasteiger partial charge is 0.262 e. The zero-order valence-electron chi connectivity index (χ0n) is 12.4. The number of anilines is 1. The Morgan fingerprint density at radius 1 is 1.36 bits per heavy atom. The summed E-state index contributed by atoms with van der Waals surface area (Å²) in [6.07, 6.45) is 4.84. The molecule has 0 atom stereocenters. The summed E-state index contributed by atoms with van der Waals surface area (Å²) in [6.45, 7) is 0.372. The maximum atomic E-state index is 12.8. The molecule has 6 nitrogen and oxygen atoms in total. The lowest BCUT2D eigenvalue weighted by molar-refractivity contribution is 0.717. The van der Waals surface area contributed by atoms with Gasteiger partial charge in [-0.2, -0.15) is 4.37 Å². The summed E-state index contributed by atoms with van der Waals surface area (Å²) in [5.41, 5.74) is 1.25. The van der Waals surface area contributed by atoms with Crippen LogP contribution in [-0.4, -0.2) is 33.0 Å². The second kappa shape index (κ2) is 5.13. The summed E-state index contributed by atoms with van der Waals surface area (Å²) in [4.78, 5) is 25.8. The van der Waals surface area contributed by atoms with Crippen LogP contribution in [-0.2, 0) is 19.4 Å². The highest BCUT2D eigenvalue weighted by Crippen LogP contribution is 2.34. The third-order valence-corrected chi connectivity index (χ3v) is 5.97. The number of nitrogens with zero attached hydrogens (tertiary/aromatic N) is 5. The van der Waals surface area contributed by atoms with E-state index in [-0.39, 0.29) is 5.56 Å². The summed E-state index contributed by atoms with van der Waals surface area (Å²) in [6, 6.07) is 0. The van der Waals surface area contributed by atoms with Gasteiger partial charge >= 0.3 is 0 Å². The molecule has 0 aliphatic heterocycles. The SMILES string of the molecule is CN(C)c1nc(Cn2cnc3sc4c(c3c2=O)CCC4)ns1. The van der Waals surface area contributed by atoms with Crippen molar-refractivity contribution >= 4 is 38.2 Å². The van der Waals surface area contributed by atoms with Crippen LogP contribution in [0.4, 0.5) is 5.13 Å². The Balaban J connectivity index is 1.75. The van der Waals surface area contributed by atoms with Crippen LogP contribution in [0, 0.1) is 0 Å². The Kier molecular flexibility index (Phi) is 3.23. The van der Waals surface area contributed by atoms with E-state index in [1.165, 1.54) is 22.0 Å². The van der Waals surface area contributed by atoms with Gasteiger partial charge in [-0.3, -0.25) is 9.36 Å². The van der Waals surface area contributed by atoms with Crippen molar-refractivity contribution in [1.82, 2.24) is 18.9 Å². The molecule has 0 amide bonds. The molecule has 114 valence electrons. The summed E-state index contributed by atoms with van der Waals surface area (Å²) < 4.78 is 5.94. The van der Waals surface area contributed by atoms with Gasteiger partial charge in [-0.1, -0.05) is 0 Å². The number of thiophene rings is 1. The second-order valence-corrected chi connectivity index (χ2v) is 7.42. The van der Waals surface area contributed by atoms with Crippen molar-refractivity contribution in [2.45, 2.75) is 25.8 Å². The first-order valence-corrected chi connectivity index (χ1v) is 8.72. The minimum absolute atomic E-state index is 0.0330. The van der Waals surface area contributed by atoms with E-state index in [1.54, 1.807) is 22.2 Å². The van der Waals surface area contributed by atoms with Crippen LogP contribution in [0.2, 0.25) is 0 Å². The van der Waals surface area contributed by atoms with Crippen molar-refractivity contribution in [2.24, 2.45) is 0 Å². The van der Waals surface area contributed by atoms with E-state index in [1.807, 2.05) is 19.0 Å². The maximum absolute atomic E-state index is 12.8. The van der Waals surface area contributed by atoms with E-state index >= 15 is 0 Å². The molecule has 0 saturated heterocycles. The fourth-order valence-electron chi connectivity index (χ4n) is 2.78. The zero-order valence-corrected chi connectivity index (χ0v) is 14.0. The molecule has 3 aromatic heterocycles. The average molecular weight is 333 g/mol. The van der Waals surface area contributed by atoms with Crippen LogP contribution in [0.25, 0.3) is 10.2 Å². The molecule has 0 radical (unpaired) electrons. The molecule has 0 spiro atoms. The van der Waals surface area contributed by atoms with Gasteiger partial charge in [0, 0.05) is 30.5 Å². The normalized spacial score (nSPS) is 13.7. The number of hydrogen-bond acceptors (Lipinski definition) is 7. The summed E-state index contributed by atoms with van der Waals surface area (Å²) in [5, 5.41) is 1.65. The zero-order chi connectivity index (χ0) is 15.3. The van der Waals surface area contributed by atoms with Gasteiger partial charge in [-0.05, 0) is 24.8 Å². The first kappa shape index (κ1) is 13.8. The molecule has 0 unspecified atom stereocenters. The lowest BCUT2D eigenvalue weighted by Crippen LogP contribution is -2.21. The standard InChI is InChI=1S/C14H15N5OS2/c1-18(2)14-16-10(17-22-14)6-19-7-15-12-11(13(19)20)8-4-3-5-9(8)21-12/h7H,3-6H2,1-2H3. The Hall–Kier alpha value is -1.80. The number of fused-ring (bicyclic) bond motifs is 3. The van der Waals surface area contributed by atoms with Crippen LogP contribution in [0.5, 0.6) is 0 Å². The molecule has 0 saturated carbocycles. The summed E-state index contributed by atoms with van der Waals surface area (Å²) >= 11 is 3.00. The first-order chi connectivity index (χ1) is 10.6. The van der Waals surface area contributed by atoms with Crippen molar-refractivity contribution in [2.75, 3.05) is 19.0 Å². The molecule has 0 bridgehead atoms. The van der Waals surface area contributed by atoms with Gasteiger partial charge in [-0.25, -0.2) is 9.97 Å². The molecule has 8 heteroatoms. The van der Waals surface area contributed by atoms with Crippen LogP contribution >= 0.6 is 22.9 Å². The summed E-state index contributed by atoms with van der Waals surface area (Å²) in [5.74, 6) is 0.656. The van der Waals surface area contributed by atoms with Gasteiger partial charge < -0.3 is 4.90 Å². The third-order valence-electron chi connectivity index (χ3n) is 3.84. The van der Waals surface area contributed by atoms with Crippen LogP contribution < -0.4 is 10.5 Å². The Morgan fingerprint density at radius 2 is 2.23 bits per heavy atom. The number of aromatic nitrogens is 4. The molecular weight excluding hydrogens is 318 g/mol. The van der Waals surface area contributed by atoms with Crippen molar-refractivity contribution in [3.8, 4) is 0 Å². The molecule has 4 rings (SSSR count). The van der Waals surface area contributed by atoms with Crippen LogP contribution in [0.3, 0.4) is 0 Å². The Morgan fingerprint density at radius 3 is 3.00 bits per heavy atom. The van der Waals surface area contributed by atoms with Gasteiger partial charge in [0.2, 0.25) is 5.13 Å². The largest absolute Gasteiger partial charge is 0.353 e. The molecular formula is C14H15N5OS2. The van der Waals surface area contributed by atoms with Gasteiger partial charge in [0.1, 0.15) is 4.83 Å². The Bertz CT molecular complexity index is 908. The molecule has 0 N–H and O–H groups in total. The van der Waals surface area contributed by atoms with Gasteiger partial charge in [0.25, 0.3) is 5.56 Å². The average Bonchev–Trinajstić information content (AvgIpc) is 3.16. The first-order valence-electron chi connectivity index (χ1n) is 7.13. The van der Waals surface area contributed by atoms with Crippen molar-refractivity contribution in [1.29, 1.82) is 0 Å². The Labute approximate surface area is 135 Å². The predicted molar refractivity (Wildman–Crippen MR) is 89.2 cm³/mol. The van der Waals surface area contributed by atoms with Gasteiger partial charge in [0.15, 0.2) is 5.82 Å². The molecule has 22 heavy (non-hydrogen) atoms. The fraction of sp³-hybridized carbons (Fsp3) is 0.429. The molecule has 0 aromatic carbocycles. The monoisotopic (exact) mass is 333 g/mol. The van der Waals surface area contributed by atoms with Crippen molar-refractivity contribution in [3.63, 3.8) is 0 Å². The second-order valence-electron chi connectivity index (χ2n) is 5.60. The number of aryl methyl sites for hydroxylation is 2. The van der Waals surface area contributed by atoms with E-state index in [4.69, 9.17) is 0 Å². The van der Waals surface area contributed by atoms with Crippen LogP contribution in [0.1, 0.15) is 22.7 Å². The van der Waals surface area contributed by atoms with Crippen molar-refractivity contribution in [3.05, 3.63) is 32.9 Å². The third kappa shape index (κ3) is 2.14. The van der Waals surface area contributed by atoms with E-state index in [0.29, 0.717) is 12.4 Å². The lowest BCUT2D eigenvalue weighted by Gasteiger charge is -2.05. The quantitative estimate of drug-likeness (QED) is 0.733. The number of hydrogen-bond donors (Lipinski definition) is 0. The minimum Gasteiger partial charge on any atom is -0.353 e. The van der Waals surface area contributed by atoms with E-state index in [2.05, 4.69) is 14.3 Å². The topological polar surface area (TPSA) is 63.9 Å². The predicted octanol–water partition coefficient (Wildman–Crippen LogP) is 1.91. The fourth-order valence-corrected chi connectivity index (χ4v) is 4.59. The van der Waals surface area contributed by atoms with Crippen molar-refractivity contribution < 1.29 is 0 Å². The molecule has 0 fully saturated rings. The van der Waals surface area contributed by atoms with E-state index in [9.17, 15) is 4.79 Å². The van der Waals surface area contributed by atoms with Gasteiger partial charge in [-0.15, -0.1) is 11.3 Å². The number of rotatable bonds is 3. The molecule has 3 heterocycles. The minimum atomic E-state index is 0.0330. The lowest BCUT2D eigenvalue weighted by atomic mass is 10.2. The highest BCUT2D eigenvalue weighted by atomic mass is 32.1. The molecule has 1 aliphatic carbocycles. The maximum Gasteiger partial charge on any atom is 0.262 e. The van der Waals surface area contributed by atoms with E-state index < -0.39 is 0 Å². The molecule has 1 aliphatic rings.